The first-order valence-corrected chi connectivity index (χ1v) is 8.70. The van der Waals surface area contributed by atoms with E-state index in [0.29, 0.717) is 37.0 Å². The molecule has 0 aliphatic carbocycles. The minimum absolute atomic E-state index is 0. The lowest BCUT2D eigenvalue weighted by Crippen LogP contribution is -2.39. The van der Waals surface area contributed by atoms with E-state index in [-0.39, 0.29) is 24.0 Å². The Kier molecular flexibility index (Phi) is 9.14. The summed E-state index contributed by atoms with van der Waals surface area (Å²) in [6, 6.07) is 4.24. The summed E-state index contributed by atoms with van der Waals surface area (Å²) in [4.78, 5) is 6.26. The van der Waals surface area contributed by atoms with E-state index in [1.807, 2.05) is 29.9 Å². The molecular weight excluding hydrogens is 463 g/mol. The molecule has 0 atom stereocenters. The van der Waals surface area contributed by atoms with Crippen LogP contribution in [-0.2, 0) is 20.0 Å². The predicted molar refractivity (Wildman–Crippen MR) is 116 cm³/mol. The van der Waals surface area contributed by atoms with Crippen molar-refractivity contribution in [3.8, 4) is 0 Å². The number of nitrogens with one attached hydrogen (secondary N) is 1. The molecule has 2 aromatic rings. The SMILES string of the molecule is CN=C(NCCc1cccc(F)c1F)N(C)Cc1cn(C)nc1C(C)C.I. The van der Waals surface area contributed by atoms with Crippen molar-refractivity contribution < 1.29 is 8.78 Å². The lowest BCUT2D eigenvalue weighted by atomic mass is 10.1. The minimum Gasteiger partial charge on any atom is -0.356 e. The molecule has 0 saturated carbocycles. The van der Waals surface area contributed by atoms with Gasteiger partial charge in [0.05, 0.1) is 5.69 Å². The third-order valence-electron chi connectivity index (χ3n) is 4.17. The molecule has 0 radical (unpaired) electrons. The fraction of sp³-hybridized carbons (Fsp3) is 0.474. The summed E-state index contributed by atoms with van der Waals surface area (Å²) < 4.78 is 28.8. The Hall–Kier alpha value is -1.71. The number of aromatic nitrogens is 2. The van der Waals surface area contributed by atoms with Crippen LogP contribution in [0.2, 0.25) is 0 Å². The van der Waals surface area contributed by atoms with Crippen LogP contribution in [0.3, 0.4) is 0 Å². The molecule has 0 bridgehead atoms. The monoisotopic (exact) mass is 491 g/mol. The molecule has 1 aromatic heterocycles. The molecule has 0 aliphatic heterocycles. The summed E-state index contributed by atoms with van der Waals surface area (Å²) in [7, 11) is 5.55. The Morgan fingerprint density at radius 1 is 1.30 bits per heavy atom. The molecule has 27 heavy (non-hydrogen) atoms. The van der Waals surface area contributed by atoms with Gasteiger partial charge in [0.1, 0.15) is 0 Å². The molecule has 0 spiro atoms. The number of halogens is 3. The van der Waals surface area contributed by atoms with Crippen molar-refractivity contribution in [1.29, 1.82) is 0 Å². The van der Waals surface area contributed by atoms with Crippen LogP contribution in [0.25, 0.3) is 0 Å². The molecular formula is C19H28F2IN5. The Bertz CT molecular complexity index is 773. The number of hydrogen-bond donors (Lipinski definition) is 1. The van der Waals surface area contributed by atoms with Crippen molar-refractivity contribution in [3.05, 3.63) is 52.9 Å². The highest BCUT2D eigenvalue weighted by Crippen LogP contribution is 2.18. The molecule has 150 valence electrons. The maximum absolute atomic E-state index is 13.7. The van der Waals surface area contributed by atoms with Crippen molar-refractivity contribution in [3.63, 3.8) is 0 Å². The summed E-state index contributed by atoms with van der Waals surface area (Å²) >= 11 is 0. The fourth-order valence-corrected chi connectivity index (χ4v) is 2.93. The summed E-state index contributed by atoms with van der Waals surface area (Å²) in [5.74, 6) is -0.567. The number of rotatable bonds is 6. The van der Waals surface area contributed by atoms with Gasteiger partial charge in [-0.05, 0) is 24.0 Å². The van der Waals surface area contributed by atoms with Gasteiger partial charge in [0.15, 0.2) is 17.6 Å². The summed E-state index contributed by atoms with van der Waals surface area (Å²) in [6.07, 6.45) is 2.39. The van der Waals surface area contributed by atoms with Gasteiger partial charge in [0, 0.05) is 46.0 Å². The Labute approximate surface area is 176 Å². The minimum atomic E-state index is -0.818. The van der Waals surface area contributed by atoms with Gasteiger partial charge in [-0.3, -0.25) is 9.67 Å². The van der Waals surface area contributed by atoms with E-state index in [1.54, 1.807) is 13.1 Å². The standard InChI is InChI=1S/C19H27F2N5.HI/c1-13(2)18-15(12-26(5)24-18)11-25(4)19(22-3)23-10-9-14-7-6-8-16(20)17(14)21;/h6-8,12-13H,9-11H2,1-5H3,(H,22,23);1H. The van der Waals surface area contributed by atoms with Gasteiger partial charge in [-0.25, -0.2) is 8.78 Å². The Balaban J connectivity index is 0.00000364. The lowest BCUT2D eigenvalue weighted by molar-refractivity contribution is 0.471. The van der Waals surface area contributed by atoms with E-state index in [4.69, 9.17) is 0 Å². The van der Waals surface area contributed by atoms with Gasteiger partial charge in [-0.2, -0.15) is 5.10 Å². The van der Waals surface area contributed by atoms with Gasteiger partial charge < -0.3 is 10.2 Å². The van der Waals surface area contributed by atoms with Crippen LogP contribution in [0.1, 0.15) is 36.6 Å². The van der Waals surface area contributed by atoms with Crippen LogP contribution in [0, 0.1) is 11.6 Å². The summed E-state index contributed by atoms with van der Waals surface area (Å²) in [5.41, 5.74) is 2.56. The first kappa shape index (κ1) is 23.3. The van der Waals surface area contributed by atoms with Crippen molar-refractivity contribution in [2.45, 2.75) is 32.7 Å². The topological polar surface area (TPSA) is 45.5 Å². The van der Waals surface area contributed by atoms with E-state index < -0.39 is 11.6 Å². The molecule has 5 nitrogen and oxygen atoms in total. The molecule has 1 N–H and O–H groups in total. The van der Waals surface area contributed by atoms with Crippen LogP contribution in [0.15, 0.2) is 29.4 Å². The van der Waals surface area contributed by atoms with Crippen LogP contribution in [0.5, 0.6) is 0 Å². The van der Waals surface area contributed by atoms with Gasteiger partial charge in [-0.1, -0.05) is 26.0 Å². The second kappa shape index (κ2) is 10.6. The van der Waals surface area contributed by atoms with Gasteiger partial charge in [0.2, 0.25) is 0 Å². The van der Waals surface area contributed by atoms with E-state index in [0.717, 1.165) is 17.3 Å². The van der Waals surface area contributed by atoms with E-state index >= 15 is 0 Å². The van der Waals surface area contributed by atoms with Crippen LogP contribution >= 0.6 is 24.0 Å². The molecule has 0 saturated heterocycles. The quantitative estimate of drug-likeness (QED) is 0.381. The third-order valence-corrected chi connectivity index (χ3v) is 4.17. The zero-order valence-corrected chi connectivity index (χ0v) is 18.8. The highest BCUT2D eigenvalue weighted by atomic mass is 127. The molecule has 0 unspecified atom stereocenters. The molecule has 1 aromatic carbocycles. The first-order chi connectivity index (χ1) is 12.3. The maximum atomic E-state index is 13.7. The highest BCUT2D eigenvalue weighted by Gasteiger charge is 2.15. The van der Waals surface area contributed by atoms with Gasteiger partial charge in [0.25, 0.3) is 0 Å². The zero-order chi connectivity index (χ0) is 19.3. The smallest absolute Gasteiger partial charge is 0.193 e. The summed E-state index contributed by atoms with van der Waals surface area (Å²) in [5, 5.41) is 7.72. The zero-order valence-electron chi connectivity index (χ0n) is 16.5. The van der Waals surface area contributed by atoms with Gasteiger partial charge >= 0.3 is 0 Å². The molecule has 0 aliphatic rings. The van der Waals surface area contributed by atoms with E-state index in [1.165, 1.54) is 6.07 Å². The number of guanidine groups is 1. The average molecular weight is 491 g/mol. The number of nitrogens with zero attached hydrogens (tertiary/aromatic N) is 4. The number of benzene rings is 1. The highest BCUT2D eigenvalue weighted by molar-refractivity contribution is 14.0. The molecule has 1 heterocycles. The maximum Gasteiger partial charge on any atom is 0.193 e. The van der Waals surface area contributed by atoms with Crippen molar-refractivity contribution in [2.24, 2.45) is 12.0 Å². The second-order valence-electron chi connectivity index (χ2n) is 6.66. The van der Waals surface area contributed by atoms with Crippen molar-refractivity contribution in [1.82, 2.24) is 20.0 Å². The third kappa shape index (κ3) is 6.15. The van der Waals surface area contributed by atoms with Gasteiger partial charge in [-0.15, -0.1) is 24.0 Å². The van der Waals surface area contributed by atoms with Crippen LogP contribution in [0.4, 0.5) is 8.78 Å². The second-order valence-corrected chi connectivity index (χ2v) is 6.66. The fourth-order valence-electron chi connectivity index (χ4n) is 2.93. The first-order valence-electron chi connectivity index (χ1n) is 8.70. The molecule has 8 heteroatoms. The molecule has 0 amide bonds. The van der Waals surface area contributed by atoms with Crippen LogP contribution in [-0.4, -0.2) is 41.3 Å². The predicted octanol–water partition coefficient (Wildman–Crippen LogP) is 3.69. The largest absolute Gasteiger partial charge is 0.356 e. The average Bonchev–Trinajstić information content (AvgIpc) is 2.95. The molecule has 0 fully saturated rings. The summed E-state index contributed by atoms with van der Waals surface area (Å²) in [6.45, 7) is 5.36. The number of hydrogen-bond acceptors (Lipinski definition) is 2. The number of aliphatic imine (C=N–C) groups is 1. The number of aryl methyl sites for hydroxylation is 1. The van der Waals surface area contributed by atoms with Crippen LogP contribution < -0.4 is 5.32 Å². The van der Waals surface area contributed by atoms with E-state index in [9.17, 15) is 8.78 Å². The van der Waals surface area contributed by atoms with E-state index in [2.05, 4.69) is 29.3 Å². The lowest BCUT2D eigenvalue weighted by Gasteiger charge is -2.22. The van der Waals surface area contributed by atoms with Crippen molar-refractivity contribution in [2.75, 3.05) is 20.6 Å². The molecule has 2 rings (SSSR count). The Morgan fingerprint density at radius 2 is 2.00 bits per heavy atom. The Morgan fingerprint density at radius 3 is 2.63 bits per heavy atom. The normalized spacial score (nSPS) is 11.5. The van der Waals surface area contributed by atoms with Crippen molar-refractivity contribution >= 4 is 29.9 Å².